The number of nitrogens with two attached hydrogens (primary N) is 1. The number of amides is 1. The Labute approximate surface area is 194 Å². The van der Waals surface area contributed by atoms with Crippen LogP contribution in [0.4, 0.5) is 17.3 Å². The van der Waals surface area contributed by atoms with Gasteiger partial charge in [0.2, 0.25) is 11.9 Å². The second-order valence-electron chi connectivity index (χ2n) is 8.74. The molecule has 3 N–H and O–H groups in total. The van der Waals surface area contributed by atoms with Gasteiger partial charge in [0.25, 0.3) is 0 Å². The van der Waals surface area contributed by atoms with Crippen molar-refractivity contribution in [2.75, 3.05) is 43.5 Å². The Kier molecular flexibility index (Phi) is 6.65. The predicted molar refractivity (Wildman–Crippen MR) is 132 cm³/mol. The van der Waals surface area contributed by atoms with E-state index in [0.717, 1.165) is 46.7 Å². The van der Waals surface area contributed by atoms with Crippen molar-refractivity contribution in [3.63, 3.8) is 0 Å². The number of nitrogens with one attached hydrogen (secondary N) is 1. The lowest BCUT2D eigenvalue weighted by Crippen LogP contribution is -2.52. The van der Waals surface area contributed by atoms with Crippen LogP contribution in [-0.2, 0) is 4.79 Å². The fourth-order valence-electron chi connectivity index (χ4n) is 4.25. The van der Waals surface area contributed by atoms with Crippen molar-refractivity contribution in [2.24, 2.45) is 5.73 Å². The summed E-state index contributed by atoms with van der Waals surface area (Å²) in [6.45, 7) is 8.96. The largest absolute Gasteiger partial charge is 0.496 e. The highest BCUT2D eigenvalue weighted by Crippen LogP contribution is 2.33. The average molecular weight is 449 g/mol. The topological polar surface area (TPSA) is 96.6 Å². The van der Waals surface area contributed by atoms with E-state index in [0.29, 0.717) is 19.0 Å². The van der Waals surface area contributed by atoms with Crippen molar-refractivity contribution >= 4 is 34.1 Å². The normalized spacial score (nSPS) is 15.1. The number of carbonyl (C=O) groups excluding carboxylic acids is 1. The Bertz CT molecular complexity index is 1120. The van der Waals surface area contributed by atoms with E-state index in [2.05, 4.69) is 41.2 Å². The highest BCUT2D eigenvalue weighted by atomic mass is 16.5. The van der Waals surface area contributed by atoms with E-state index in [1.54, 1.807) is 14.0 Å². The first kappa shape index (κ1) is 22.8. The number of carbonyl (C=O) groups is 1. The molecule has 8 nitrogen and oxygen atoms in total. The third-order valence-electron chi connectivity index (χ3n) is 6.02. The number of hydrogen-bond donors (Lipinski definition) is 2. The number of anilines is 3. The first-order chi connectivity index (χ1) is 15.9. The van der Waals surface area contributed by atoms with E-state index in [-0.39, 0.29) is 11.8 Å². The number of hydrogen-bond acceptors (Lipinski definition) is 7. The summed E-state index contributed by atoms with van der Waals surface area (Å²) in [6, 6.07) is 11.7. The maximum absolute atomic E-state index is 12.1. The van der Waals surface area contributed by atoms with E-state index in [1.165, 1.54) is 0 Å². The molecular formula is C25H32N6O2. The van der Waals surface area contributed by atoms with E-state index in [1.807, 2.05) is 35.4 Å². The van der Waals surface area contributed by atoms with Crippen LogP contribution < -0.4 is 20.7 Å². The molecule has 174 valence electrons. The zero-order valence-electron chi connectivity index (χ0n) is 19.7. The molecule has 1 amide bonds. The summed E-state index contributed by atoms with van der Waals surface area (Å²) in [4.78, 5) is 25.5. The summed E-state index contributed by atoms with van der Waals surface area (Å²) < 4.78 is 5.56. The minimum absolute atomic E-state index is 0.0165. The highest BCUT2D eigenvalue weighted by molar-refractivity contribution is 5.85. The molecule has 0 aliphatic carbocycles. The van der Waals surface area contributed by atoms with E-state index >= 15 is 0 Å². The third kappa shape index (κ3) is 4.85. The standard InChI is InChI=1S/C25H32N6O2/c1-16(2)22-21(33-4)10-5-18-15-27-25(29-23(18)22)28-19-6-8-20(9-7-19)30-11-13-31(14-12-30)24(32)17(3)26/h5-10,15-17H,11-14,26H2,1-4H3,(H,27,28,29). The fourth-order valence-corrected chi connectivity index (χ4v) is 4.25. The first-order valence-electron chi connectivity index (χ1n) is 11.4. The Hall–Kier alpha value is -3.39. The minimum atomic E-state index is -0.447. The zero-order valence-corrected chi connectivity index (χ0v) is 19.7. The summed E-state index contributed by atoms with van der Waals surface area (Å²) in [5.74, 6) is 1.68. The van der Waals surface area contributed by atoms with Crippen LogP contribution in [0.3, 0.4) is 0 Å². The van der Waals surface area contributed by atoms with Gasteiger partial charge in [0.15, 0.2) is 0 Å². The minimum Gasteiger partial charge on any atom is -0.496 e. The van der Waals surface area contributed by atoms with Gasteiger partial charge in [-0.2, -0.15) is 0 Å². The number of ether oxygens (including phenoxy) is 1. The van der Waals surface area contributed by atoms with E-state index < -0.39 is 6.04 Å². The molecule has 0 spiro atoms. The van der Waals surface area contributed by atoms with Crippen LogP contribution in [0, 0.1) is 0 Å². The number of piperazine rings is 1. The number of fused-ring (bicyclic) bond motifs is 1. The molecule has 1 unspecified atom stereocenters. The predicted octanol–water partition coefficient (Wildman–Crippen LogP) is 3.50. The lowest BCUT2D eigenvalue weighted by Gasteiger charge is -2.36. The van der Waals surface area contributed by atoms with Crippen LogP contribution in [0.5, 0.6) is 5.75 Å². The molecule has 1 saturated heterocycles. The fraction of sp³-hybridized carbons (Fsp3) is 0.400. The van der Waals surface area contributed by atoms with E-state index in [9.17, 15) is 4.79 Å². The molecule has 3 aromatic rings. The monoisotopic (exact) mass is 448 g/mol. The summed E-state index contributed by atoms with van der Waals surface area (Å²) >= 11 is 0. The number of nitrogens with zero attached hydrogens (tertiary/aromatic N) is 4. The molecule has 4 rings (SSSR count). The van der Waals surface area contributed by atoms with Gasteiger partial charge in [0.05, 0.1) is 18.7 Å². The van der Waals surface area contributed by atoms with Crippen molar-refractivity contribution in [3.05, 3.63) is 48.2 Å². The maximum atomic E-state index is 12.1. The summed E-state index contributed by atoms with van der Waals surface area (Å²) in [5.41, 5.74) is 9.75. The Morgan fingerprint density at radius 2 is 1.76 bits per heavy atom. The lowest BCUT2D eigenvalue weighted by atomic mass is 9.99. The molecule has 1 fully saturated rings. The third-order valence-corrected chi connectivity index (χ3v) is 6.02. The molecular weight excluding hydrogens is 416 g/mol. The van der Waals surface area contributed by atoms with Crippen molar-refractivity contribution in [1.29, 1.82) is 0 Å². The van der Waals surface area contributed by atoms with Gasteiger partial charge in [-0.1, -0.05) is 13.8 Å². The maximum Gasteiger partial charge on any atom is 0.239 e. The molecule has 1 atom stereocenters. The van der Waals surface area contributed by atoms with Crippen LogP contribution in [0.15, 0.2) is 42.6 Å². The van der Waals surface area contributed by atoms with Crippen molar-refractivity contribution in [3.8, 4) is 5.75 Å². The quantitative estimate of drug-likeness (QED) is 0.596. The SMILES string of the molecule is COc1ccc2cnc(Nc3ccc(N4CCN(C(=O)C(C)N)CC4)cc3)nc2c1C(C)C. The van der Waals surface area contributed by atoms with Gasteiger partial charge in [-0.3, -0.25) is 4.79 Å². The summed E-state index contributed by atoms with van der Waals surface area (Å²) in [5, 5.41) is 4.30. The van der Waals surface area contributed by atoms with Crippen LogP contribution >= 0.6 is 0 Å². The Balaban J connectivity index is 1.47. The van der Waals surface area contributed by atoms with Crippen molar-refractivity contribution < 1.29 is 9.53 Å². The van der Waals surface area contributed by atoms with Gasteiger partial charge >= 0.3 is 0 Å². The number of aromatic nitrogens is 2. The summed E-state index contributed by atoms with van der Waals surface area (Å²) in [7, 11) is 1.69. The molecule has 0 bridgehead atoms. The summed E-state index contributed by atoms with van der Waals surface area (Å²) in [6.07, 6.45) is 1.84. The van der Waals surface area contributed by atoms with Crippen molar-refractivity contribution in [1.82, 2.24) is 14.9 Å². The molecule has 1 aromatic heterocycles. The van der Waals surface area contributed by atoms with Crippen LogP contribution in [0.25, 0.3) is 10.9 Å². The Morgan fingerprint density at radius 3 is 2.36 bits per heavy atom. The van der Waals surface area contributed by atoms with Gasteiger partial charge in [0.1, 0.15) is 5.75 Å². The van der Waals surface area contributed by atoms with Gasteiger partial charge in [-0.05, 0) is 49.2 Å². The first-order valence-corrected chi connectivity index (χ1v) is 11.4. The average Bonchev–Trinajstić information content (AvgIpc) is 2.83. The number of benzene rings is 2. The molecule has 1 aliphatic rings. The van der Waals surface area contributed by atoms with Gasteiger partial charge < -0.3 is 25.6 Å². The molecule has 1 aliphatic heterocycles. The molecule has 33 heavy (non-hydrogen) atoms. The van der Waals surface area contributed by atoms with Gasteiger partial charge in [-0.25, -0.2) is 9.97 Å². The van der Waals surface area contributed by atoms with Gasteiger partial charge in [-0.15, -0.1) is 0 Å². The van der Waals surface area contributed by atoms with Crippen LogP contribution in [-0.4, -0.2) is 60.1 Å². The molecule has 2 aromatic carbocycles. The Morgan fingerprint density at radius 1 is 1.06 bits per heavy atom. The van der Waals surface area contributed by atoms with E-state index in [4.69, 9.17) is 15.5 Å². The second-order valence-corrected chi connectivity index (χ2v) is 8.74. The number of methoxy groups -OCH3 is 1. The highest BCUT2D eigenvalue weighted by Gasteiger charge is 2.23. The molecule has 2 heterocycles. The molecule has 0 radical (unpaired) electrons. The van der Waals surface area contributed by atoms with Crippen LogP contribution in [0.2, 0.25) is 0 Å². The second kappa shape index (κ2) is 9.62. The zero-order chi connectivity index (χ0) is 23.5. The molecule has 0 saturated carbocycles. The van der Waals surface area contributed by atoms with Gasteiger partial charge in [0, 0.05) is 54.7 Å². The molecule has 8 heteroatoms. The lowest BCUT2D eigenvalue weighted by molar-refractivity contribution is -0.132. The van der Waals surface area contributed by atoms with Crippen LogP contribution in [0.1, 0.15) is 32.3 Å². The van der Waals surface area contributed by atoms with Crippen molar-refractivity contribution in [2.45, 2.75) is 32.7 Å². The number of rotatable bonds is 6. The smallest absolute Gasteiger partial charge is 0.239 e.